The molecule has 0 N–H and O–H groups in total. The van der Waals surface area contributed by atoms with Crippen LogP contribution in [0.2, 0.25) is 0 Å². The van der Waals surface area contributed by atoms with Crippen molar-refractivity contribution in [3.8, 4) is 0 Å². The lowest BCUT2D eigenvalue weighted by Gasteiger charge is -2.05. The van der Waals surface area contributed by atoms with Gasteiger partial charge in [-0.05, 0) is 79.6 Å². The van der Waals surface area contributed by atoms with Gasteiger partial charge < -0.3 is 0 Å². The van der Waals surface area contributed by atoms with Crippen molar-refractivity contribution in [2.75, 3.05) is 0 Å². The molecule has 2 aromatic carbocycles. The van der Waals surface area contributed by atoms with E-state index in [1.54, 1.807) is 40.1 Å². The Bertz CT molecular complexity index is 881. The Morgan fingerprint density at radius 1 is 0.917 bits per heavy atom. The number of fused-ring (bicyclic) bond motifs is 1. The molecule has 3 rings (SSSR count). The zero-order chi connectivity index (χ0) is 17.9. The van der Waals surface area contributed by atoms with Crippen LogP contribution in [0.3, 0.4) is 0 Å². The predicted molar refractivity (Wildman–Crippen MR) is 92.4 cm³/mol. The third-order valence-electron chi connectivity index (χ3n) is 3.90. The number of carbonyl (C=O) groups is 1. The van der Waals surface area contributed by atoms with E-state index in [1.807, 2.05) is 12.1 Å². The summed E-state index contributed by atoms with van der Waals surface area (Å²) in [4.78, 5) is 14.3. The van der Waals surface area contributed by atoms with E-state index in [4.69, 9.17) is 0 Å². The second-order valence-corrected chi connectivity index (χ2v) is 5.82. The summed E-state index contributed by atoms with van der Waals surface area (Å²) >= 11 is 0. The highest BCUT2D eigenvalue weighted by Crippen LogP contribution is 2.22. The Morgan fingerprint density at radius 3 is 2.08 bits per heavy atom. The maximum Gasteiger partial charge on any atom is 0.150 e. The first-order valence-electron chi connectivity index (χ1n) is 7.56. The minimum absolute atomic E-state index is 0.112. The number of nitrogens with zero attached hydrogens (tertiary/aromatic N) is 1. The average molecular weight is 327 g/mol. The van der Waals surface area contributed by atoms with Gasteiger partial charge in [-0.1, -0.05) is 0 Å². The zero-order valence-electron chi connectivity index (χ0n) is 14.2. The molecule has 0 saturated carbocycles. The summed E-state index contributed by atoms with van der Waals surface area (Å²) in [5, 5.41) is 1.94. The van der Waals surface area contributed by atoms with Gasteiger partial charge in [-0.3, -0.25) is 9.78 Å². The van der Waals surface area contributed by atoms with E-state index in [1.165, 1.54) is 12.1 Å². The van der Waals surface area contributed by atoms with Crippen LogP contribution in [0.1, 0.15) is 32.6 Å². The van der Waals surface area contributed by atoms with Gasteiger partial charge in [-0.25, -0.2) is 8.78 Å². The Balaban J connectivity index is 0.000000177. The molecule has 0 saturated heterocycles. The number of benzene rings is 2. The number of hydrogen-bond acceptors (Lipinski definition) is 2. The molecule has 0 aliphatic carbocycles. The fourth-order valence-corrected chi connectivity index (χ4v) is 2.62. The molecule has 1 heterocycles. The molecule has 24 heavy (non-hydrogen) atoms. The van der Waals surface area contributed by atoms with Crippen LogP contribution in [0, 0.1) is 39.3 Å². The number of halogens is 2. The number of aryl methyl sites for hydroxylation is 4. The van der Waals surface area contributed by atoms with Crippen LogP contribution in [0.4, 0.5) is 8.78 Å². The van der Waals surface area contributed by atoms with Gasteiger partial charge in [-0.15, -0.1) is 0 Å². The molecule has 0 unspecified atom stereocenters. The molecule has 4 heteroatoms. The van der Waals surface area contributed by atoms with Gasteiger partial charge in [-0.2, -0.15) is 0 Å². The van der Waals surface area contributed by atoms with Crippen molar-refractivity contribution < 1.29 is 13.6 Å². The van der Waals surface area contributed by atoms with Crippen LogP contribution in [-0.2, 0) is 0 Å². The quantitative estimate of drug-likeness (QED) is 0.572. The summed E-state index contributed by atoms with van der Waals surface area (Å²) in [6.45, 7) is 6.87. The summed E-state index contributed by atoms with van der Waals surface area (Å²) in [5.41, 5.74) is 2.95. The molecule has 0 radical (unpaired) electrons. The Kier molecular flexibility index (Phi) is 5.39. The first-order chi connectivity index (χ1) is 11.3. The van der Waals surface area contributed by atoms with Crippen molar-refractivity contribution in [2.24, 2.45) is 0 Å². The van der Waals surface area contributed by atoms with E-state index in [-0.39, 0.29) is 11.6 Å². The Hall–Kier alpha value is -2.62. The van der Waals surface area contributed by atoms with E-state index in [0.29, 0.717) is 27.8 Å². The molecular weight excluding hydrogens is 308 g/mol. The van der Waals surface area contributed by atoms with Crippen LogP contribution < -0.4 is 0 Å². The number of hydrogen-bond donors (Lipinski definition) is 0. The van der Waals surface area contributed by atoms with Crippen molar-refractivity contribution in [1.82, 2.24) is 4.98 Å². The molecule has 0 spiro atoms. The third kappa shape index (κ3) is 3.65. The first kappa shape index (κ1) is 17.7. The van der Waals surface area contributed by atoms with Gasteiger partial charge >= 0.3 is 0 Å². The maximum atomic E-state index is 13.4. The van der Waals surface area contributed by atoms with Gasteiger partial charge in [0.15, 0.2) is 0 Å². The minimum Gasteiger partial charge on any atom is -0.298 e. The van der Waals surface area contributed by atoms with Gasteiger partial charge in [0.1, 0.15) is 17.9 Å². The molecule has 2 nitrogen and oxygen atoms in total. The van der Waals surface area contributed by atoms with E-state index in [0.717, 1.165) is 17.1 Å². The number of aldehydes is 1. The van der Waals surface area contributed by atoms with Gasteiger partial charge in [0, 0.05) is 23.3 Å². The van der Waals surface area contributed by atoms with Gasteiger partial charge in [0.2, 0.25) is 0 Å². The lowest BCUT2D eigenvalue weighted by Crippen LogP contribution is -1.90. The first-order valence-corrected chi connectivity index (χ1v) is 7.56. The molecule has 0 aliphatic rings. The monoisotopic (exact) mass is 327 g/mol. The summed E-state index contributed by atoms with van der Waals surface area (Å²) in [7, 11) is 0. The summed E-state index contributed by atoms with van der Waals surface area (Å²) < 4.78 is 26.4. The van der Waals surface area contributed by atoms with Crippen molar-refractivity contribution in [3.63, 3.8) is 0 Å². The number of aromatic nitrogens is 1. The summed E-state index contributed by atoms with van der Waals surface area (Å²) in [6.07, 6.45) is 4.16. The van der Waals surface area contributed by atoms with E-state index in [2.05, 4.69) is 4.98 Å². The summed E-state index contributed by atoms with van der Waals surface area (Å²) in [5.74, 6) is -0.339. The van der Waals surface area contributed by atoms with Crippen LogP contribution in [-0.4, -0.2) is 11.3 Å². The SMILES string of the molecule is Cc1cc(C=O)cc(C)c1F.Cc1cc2cnccc2c(C)c1F. The number of pyridine rings is 1. The Morgan fingerprint density at radius 2 is 1.50 bits per heavy atom. The normalized spacial score (nSPS) is 10.2. The fourth-order valence-electron chi connectivity index (χ4n) is 2.62. The van der Waals surface area contributed by atoms with Crippen molar-refractivity contribution >= 4 is 17.1 Å². The van der Waals surface area contributed by atoms with E-state index >= 15 is 0 Å². The van der Waals surface area contributed by atoms with Crippen LogP contribution in [0.5, 0.6) is 0 Å². The molecule has 1 aromatic heterocycles. The van der Waals surface area contributed by atoms with E-state index in [9.17, 15) is 13.6 Å². The highest BCUT2D eigenvalue weighted by Gasteiger charge is 2.06. The van der Waals surface area contributed by atoms with Crippen molar-refractivity contribution in [2.45, 2.75) is 27.7 Å². The van der Waals surface area contributed by atoms with Crippen LogP contribution in [0.25, 0.3) is 10.8 Å². The molecule has 0 fully saturated rings. The number of rotatable bonds is 1. The fraction of sp³-hybridized carbons (Fsp3) is 0.200. The summed E-state index contributed by atoms with van der Waals surface area (Å²) in [6, 6.07) is 6.74. The van der Waals surface area contributed by atoms with Gasteiger partial charge in [0.05, 0.1) is 0 Å². The highest BCUT2D eigenvalue weighted by atomic mass is 19.1. The van der Waals surface area contributed by atoms with Crippen LogP contribution >= 0.6 is 0 Å². The average Bonchev–Trinajstić information content (AvgIpc) is 2.58. The molecular formula is C20H19F2NO. The standard InChI is InChI=1S/C11H10FN.C9H9FO/c1-7-5-9-6-13-4-3-10(9)8(2)11(7)12;1-6-3-8(5-11)4-7(2)9(6)10/h3-6H,1-2H3;3-5H,1-2H3. The molecule has 0 bridgehead atoms. The number of carbonyl (C=O) groups excluding carboxylic acids is 1. The Labute approximate surface area is 140 Å². The van der Waals surface area contributed by atoms with Crippen LogP contribution in [0.15, 0.2) is 36.7 Å². The molecule has 3 aromatic rings. The molecule has 0 atom stereocenters. The third-order valence-corrected chi connectivity index (χ3v) is 3.90. The topological polar surface area (TPSA) is 30.0 Å². The zero-order valence-corrected chi connectivity index (χ0v) is 14.2. The van der Waals surface area contributed by atoms with Crippen molar-refractivity contribution in [3.05, 3.63) is 76.1 Å². The molecule has 0 amide bonds. The second kappa shape index (κ2) is 7.30. The smallest absolute Gasteiger partial charge is 0.150 e. The highest BCUT2D eigenvalue weighted by molar-refractivity contribution is 5.85. The van der Waals surface area contributed by atoms with Gasteiger partial charge in [0.25, 0.3) is 0 Å². The lowest BCUT2D eigenvalue weighted by atomic mass is 10.0. The van der Waals surface area contributed by atoms with E-state index < -0.39 is 0 Å². The minimum atomic E-state index is -0.226. The second-order valence-electron chi connectivity index (χ2n) is 5.82. The molecule has 124 valence electrons. The predicted octanol–water partition coefficient (Wildman–Crippen LogP) is 5.25. The molecule has 0 aliphatic heterocycles. The lowest BCUT2D eigenvalue weighted by molar-refractivity contribution is 0.112. The van der Waals surface area contributed by atoms with Crippen molar-refractivity contribution in [1.29, 1.82) is 0 Å². The maximum absolute atomic E-state index is 13.4. The largest absolute Gasteiger partial charge is 0.298 e.